The Labute approximate surface area is 161 Å². The highest BCUT2D eigenvalue weighted by Gasteiger charge is 2.12. The van der Waals surface area contributed by atoms with Crippen LogP contribution in [0.25, 0.3) is 17.3 Å². The topological polar surface area (TPSA) is 69.6 Å². The van der Waals surface area contributed by atoms with Gasteiger partial charge in [-0.2, -0.15) is 10.5 Å². The minimum absolute atomic E-state index is 0.0689. The van der Waals surface area contributed by atoms with Crippen molar-refractivity contribution in [1.82, 2.24) is 4.57 Å². The Morgan fingerprint density at radius 2 is 1.74 bits per heavy atom. The molecule has 3 aromatic rings. The molecule has 132 valence electrons. The lowest BCUT2D eigenvalue weighted by Crippen LogP contribution is -2.31. The first-order chi connectivity index (χ1) is 13.0. The first-order valence-electron chi connectivity index (χ1n) is 8.37. The van der Waals surface area contributed by atoms with Gasteiger partial charge in [-0.3, -0.25) is 9.36 Å². The lowest BCUT2D eigenvalue weighted by Gasteiger charge is -2.05. The van der Waals surface area contributed by atoms with Crippen LogP contribution in [0.3, 0.4) is 0 Å². The lowest BCUT2D eigenvalue weighted by atomic mass is 10.1. The van der Waals surface area contributed by atoms with Crippen LogP contribution in [0.1, 0.15) is 22.3 Å². The minimum atomic E-state index is -0.229. The number of hydrogen-bond acceptors (Lipinski definition) is 4. The fourth-order valence-electron chi connectivity index (χ4n) is 2.93. The Bertz CT molecular complexity index is 1280. The van der Waals surface area contributed by atoms with Gasteiger partial charge < -0.3 is 0 Å². The molecule has 0 aliphatic rings. The van der Waals surface area contributed by atoms with Gasteiger partial charge in [-0.1, -0.05) is 42.0 Å². The van der Waals surface area contributed by atoms with Gasteiger partial charge in [-0.05, 0) is 49.6 Å². The van der Waals surface area contributed by atoms with E-state index >= 15 is 0 Å². The first kappa shape index (κ1) is 18.4. The smallest absolute Gasteiger partial charge is 0.267 e. The number of nitriles is 2. The van der Waals surface area contributed by atoms with Crippen molar-refractivity contribution in [3.8, 4) is 17.8 Å². The van der Waals surface area contributed by atoms with Gasteiger partial charge >= 0.3 is 0 Å². The van der Waals surface area contributed by atoms with Crippen molar-refractivity contribution >= 4 is 23.0 Å². The molecule has 1 aromatic heterocycles. The summed E-state index contributed by atoms with van der Waals surface area (Å²) in [4.78, 5) is 13.2. The molecule has 0 N–H and O–H groups in total. The van der Waals surface area contributed by atoms with E-state index in [9.17, 15) is 15.3 Å². The molecule has 5 heteroatoms. The predicted octanol–water partition coefficient (Wildman–Crippen LogP) is 2.85. The van der Waals surface area contributed by atoms with Crippen molar-refractivity contribution < 1.29 is 0 Å². The van der Waals surface area contributed by atoms with Crippen molar-refractivity contribution in [2.45, 2.75) is 20.8 Å². The number of benzene rings is 2. The molecule has 0 fully saturated rings. The van der Waals surface area contributed by atoms with Gasteiger partial charge in [0.2, 0.25) is 0 Å². The van der Waals surface area contributed by atoms with E-state index in [0.29, 0.717) is 14.9 Å². The standard InChI is InChI=1S/C22H17N3OS/c1-14-8-9-17(16(3)10-14)11-20-21(26)25(19-7-5-4-6-15(19)2)22(27-20)18(12-23)13-24/h4-11H,1-3H3/b20-11-. The molecule has 0 aliphatic carbocycles. The van der Waals surface area contributed by atoms with Gasteiger partial charge in [0.25, 0.3) is 5.56 Å². The lowest BCUT2D eigenvalue weighted by molar-refractivity contribution is 0.975. The average molecular weight is 371 g/mol. The fourth-order valence-corrected chi connectivity index (χ4v) is 3.97. The highest BCUT2D eigenvalue weighted by atomic mass is 32.1. The van der Waals surface area contributed by atoms with E-state index in [1.165, 1.54) is 15.9 Å². The molecule has 0 saturated heterocycles. The molecule has 0 amide bonds. The van der Waals surface area contributed by atoms with Crippen LogP contribution >= 0.6 is 11.3 Å². The molecule has 4 nitrogen and oxygen atoms in total. The van der Waals surface area contributed by atoms with Crippen LogP contribution in [0.2, 0.25) is 0 Å². The van der Waals surface area contributed by atoms with E-state index in [1.807, 2.05) is 75.4 Å². The summed E-state index contributed by atoms with van der Waals surface area (Å²) in [5, 5.41) is 18.7. The average Bonchev–Trinajstić information content (AvgIpc) is 2.95. The van der Waals surface area contributed by atoms with Crippen LogP contribution in [-0.2, 0) is 0 Å². The van der Waals surface area contributed by atoms with Gasteiger partial charge in [-0.15, -0.1) is 11.3 Å². The van der Waals surface area contributed by atoms with Crippen molar-refractivity contribution in [2.24, 2.45) is 0 Å². The molecular weight excluding hydrogens is 354 g/mol. The Morgan fingerprint density at radius 3 is 2.37 bits per heavy atom. The summed E-state index contributed by atoms with van der Waals surface area (Å²) in [6.45, 7) is 5.91. The van der Waals surface area contributed by atoms with Crippen LogP contribution in [0.4, 0.5) is 0 Å². The Morgan fingerprint density at radius 1 is 1.04 bits per heavy atom. The highest BCUT2D eigenvalue weighted by molar-refractivity contribution is 7.07. The summed E-state index contributed by atoms with van der Waals surface area (Å²) in [5.41, 5.74) is 4.43. The first-order valence-corrected chi connectivity index (χ1v) is 9.19. The van der Waals surface area contributed by atoms with E-state index in [1.54, 1.807) is 0 Å². The van der Waals surface area contributed by atoms with Crippen LogP contribution in [0.5, 0.6) is 0 Å². The van der Waals surface area contributed by atoms with Gasteiger partial charge in [0.15, 0.2) is 5.57 Å². The summed E-state index contributed by atoms with van der Waals surface area (Å²) in [6, 6.07) is 17.3. The van der Waals surface area contributed by atoms with Crippen molar-refractivity contribution in [1.29, 1.82) is 10.5 Å². The third-order valence-electron chi connectivity index (χ3n) is 4.33. The zero-order valence-electron chi connectivity index (χ0n) is 15.3. The third kappa shape index (κ3) is 3.46. The molecule has 3 rings (SSSR count). The molecule has 27 heavy (non-hydrogen) atoms. The number of rotatable bonds is 2. The summed E-state index contributed by atoms with van der Waals surface area (Å²) in [6.07, 6.45) is 1.83. The van der Waals surface area contributed by atoms with E-state index in [4.69, 9.17) is 0 Å². The number of thiazole rings is 1. The Balaban J connectivity index is 2.43. The quantitative estimate of drug-likeness (QED) is 0.695. The third-order valence-corrected chi connectivity index (χ3v) is 5.42. The van der Waals surface area contributed by atoms with Crippen molar-refractivity contribution in [3.05, 3.63) is 84.3 Å². The van der Waals surface area contributed by atoms with Crippen LogP contribution < -0.4 is 14.8 Å². The van der Waals surface area contributed by atoms with E-state index in [2.05, 4.69) is 6.07 Å². The molecule has 0 spiro atoms. The van der Waals surface area contributed by atoms with E-state index in [-0.39, 0.29) is 11.1 Å². The van der Waals surface area contributed by atoms with Crippen LogP contribution in [0.15, 0.2) is 47.3 Å². The molecule has 0 unspecified atom stereocenters. The number of nitrogens with zero attached hydrogens (tertiary/aromatic N) is 3. The van der Waals surface area contributed by atoms with E-state index < -0.39 is 0 Å². The number of aryl methyl sites for hydroxylation is 3. The number of hydrogen-bond donors (Lipinski definition) is 0. The summed E-state index contributed by atoms with van der Waals surface area (Å²) in [7, 11) is 0. The number of aromatic nitrogens is 1. The zero-order chi connectivity index (χ0) is 19.6. The van der Waals surface area contributed by atoms with Crippen molar-refractivity contribution in [3.63, 3.8) is 0 Å². The predicted molar refractivity (Wildman–Crippen MR) is 108 cm³/mol. The Kier molecular flexibility index (Phi) is 5.07. The van der Waals surface area contributed by atoms with Gasteiger partial charge in [0, 0.05) is 0 Å². The van der Waals surface area contributed by atoms with Gasteiger partial charge in [0.05, 0.1) is 10.2 Å². The molecule has 0 atom stereocenters. The highest BCUT2D eigenvalue weighted by Crippen LogP contribution is 2.12. The second-order valence-corrected chi connectivity index (χ2v) is 7.33. The van der Waals surface area contributed by atoms with Gasteiger partial charge in [-0.25, -0.2) is 0 Å². The maximum absolute atomic E-state index is 13.2. The molecule has 0 saturated carbocycles. The summed E-state index contributed by atoms with van der Waals surface area (Å²) in [5.74, 6) is 0. The summed E-state index contributed by atoms with van der Waals surface area (Å²) < 4.78 is 2.32. The van der Waals surface area contributed by atoms with E-state index in [0.717, 1.165) is 22.3 Å². The molecule has 0 radical (unpaired) electrons. The maximum atomic E-state index is 13.2. The number of para-hydroxylation sites is 1. The van der Waals surface area contributed by atoms with Crippen LogP contribution in [-0.4, -0.2) is 4.57 Å². The molecule has 1 heterocycles. The molecule has 2 aromatic carbocycles. The monoisotopic (exact) mass is 371 g/mol. The Hall–Kier alpha value is -3.41. The minimum Gasteiger partial charge on any atom is -0.267 e. The van der Waals surface area contributed by atoms with Crippen LogP contribution in [0, 0.1) is 43.4 Å². The largest absolute Gasteiger partial charge is 0.273 e. The SMILES string of the molecule is Cc1ccc(/C=c2\sc(=C(C#N)C#N)n(-c3ccccc3C)c2=O)c(C)c1. The van der Waals surface area contributed by atoms with Crippen molar-refractivity contribution in [2.75, 3.05) is 0 Å². The second-order valence-electron chi connectivity index (χ2n) is 6.30. The summed E-state index contributed by atoms with van der Waals surface area (Å²) >= 11 is 1.17. The molecule has 0 bridgehead atoms. The normalized spacial score (nSPS) is 11.1. The fraction of sp³-hybridized carbons (Fsp3) is 0.136. The van der Waals surface area contributed by atoms with Gasteiger partial charge in [0.1, 0.15) is 16.8 Å². The second kappa shape index (κ2) is 7.45. The maximum Gasteiger partial charge on any atom is 0.273 e. The molecule has 0 aliphatic heterocycles. The zero-order valence-corrected chi connectivity index (χ0v) is 16.1. The molecular formula is C22H17N3OS.